The molecule has 0 spiro atoms. The summed E-state index contributed by atoms with van der Waals surface area (Å²) in [4.78, 5) is 28.1. The molecule has 3 aromatic rings. The molecule has 1 heterocycles. The number of benzene rings is 2. The van der Waals surface area contributed by atoms with Gasteiger partial charge >= 0.3 is 0 Å². The van der Waals surface area contributed by atoms with Gasteiger partial charge in [0.25, 0.3) is 11.5 Å². The third-order valence-corrected chi connectivity index (χ3v) is 4.54. The maximum Gasteiger partial charge on any atom is 0.296 e. The number of amides is 1. The highest BCUT2D eigenvalue weighted by Gasteiger charge is 2.20. The summed E-state index contributed by atoms with van der Waals surface area (Å²) in [6.45, 7) is 1.45. The van der Waals surface area contributed by atoms with Crippen LogP contribution >= 0.6 is 0 Å². The van der Waals surface area contributed by atoms with Gasteiger partial charge in [-0.2, -0.15) is 0 Å². The van der Waals surface area contributed by atoms with E-state index in [9.17, 15) is 19.8 Å². The number of hydrogen-bond donors (Lipinski definition) is 3. The lowest BCUT2D eigenvalue weighted by molar-refractivity contribution is 0.0953. The van der Waals surface area contributed by atoms with E-state index in [4.69, 9.17) is 0 Å². The first-order valence-corrected chi connectivity index (χ1v) is 8.78. The van der Waals surface area contributed by atoms with Gasteiger partial charge in [0, 0.05) is 7.05 Å². The monoisotopic (exact) mass is 379 g/mol. The first-order valence-electron chi connectivity index (χ1n) is 8.78. The molecule has 1 amide bonds. The van der Waals surface area contributed by atoms with Gasteiger partial charge in [-0.05, 0) is 23.6 Å². The summed E-state index contributed by atoms with van der Waals surface area (Å²) in [5.41, 5.74) is 1.60. The van der Waals surface area contributed by atoms with E-state index in [1.165, 1.54) is 7.05 Å². The predicted molar refractivity (Wildman–Crippen MR) is 105 cm³/mol. The second kappa shape index (κ2) is 8.06. The van der Waals surface area contributed by atoms with Crippen LogP contribution in [0.5, 0.6) is 5.75 Å². The van der Waals surface area contributed by atoms with Crippen LogP contribution in [0.4, 0.5) is 0 Å². The lowest BCUT2D eigenvalue weighted by Crippen LogP contribution is -2.30. The van der Waals surface area contributed by atoms with Crippen LogP contribution in [0.2, 0.25) is 0 Å². The van der Waals surface area contributed by atoms with Crippen molar-refractivity contribution in [3.63, 3.8) is 0 Å². The summed E-state index contributed by atoms with van der Waals surface area (Å²) in [5.74, 6) is -1.17. The fraction of sp³-hybridized carbons (Fsp3) is 0.190. The van der Waals surface area contributed by atoms with Crippen LogP contribution in [0.3, 0.4) is 0 Å². The highest BCUT2D eigenvalue weighted by Crippen LogP contribution is 2.23. The summed E-state index contributed by atoms with van der Waals surface area (Å²) in [7, 11) is 1.38. The zero-order valence-electron chi connectivity index (χ0n) is 15.6. The molecule has 0 aliphatic carbocycles. The van der Waals surface area contributed by atoms with Crippen molar-refractivity contribution in [1.29, 1.82) is 0 Å². The molecule has 0 bridgehead atoms. The number of hydrogen-bond acceptors (Lipinski definition) is 5. The number of rotatable bonds is 5. The molecule has 0 aliphatic heterocycles. The average molecular weight is 379 g/mol. The van der Waals surface area contributed by atoms with Gasteiger partial charge in [0.2, 0.25) is 5.75 Å². The van der Waals surface area contributed by atoms with E-state index in [0.29, 0.717) is 5.56 Å². The van der Waals surface area contributed by atoms with E-state index >= 15 is 0 Å². The van der Waals surface area contributed by atoms with Gasteiger partial charge in [-0.3, -0.25) is 14.2 Å². The number of carbonyl (C=O) groups is 1. The molecule has 28 heavy (non-hydrogen) atoms. The molecule has 1 atom stereocenters. The summed E-state index contributed by atoms with van der Waals surface area (Å²) >= 11 is 0. The van der Waals surface area contributed by atoms with E-state index in [-0.39, 0.29) is 18.1 Å². The molecule has 0 saturated carbocycles. The number of aromatic hydroxyl groups is 1. The maximum atomic E-state index is 12.4. The van der Waals surface area contributed by atoms with Gasteiger partial charge in [-0.1, -0.05) is 54.6 Å². The van der Waals surface area contributed by atoms with Gasteiger partial charge in [0.15, 0.2) is 5.69 Å². The van der Waals surface area contributed by atoms with Crippen molar-refractivity contribution in [2.24, 2.45) is 0 Å². The second-order valence-electron chi connectivity index (χ2n) is 6.35. The number of aliphatic hydroxyl groups is 1. The van der Waals surface area contributed by atoms with Gasteiger partial charge in [-0.15, -0.1) is 0 Å². The third-order valence-electron chi connectivity index (χ3n) is 4.54. The van der Waals surface area contributed by atoms with Crippen molar-refractivity contribution in [2.75, 3.05) is 7.05 Å². The standard InChI is InChI=1S/C21H21N3O4/c1-13-23-18(20(27)22-2)19(26)21(28)24(13)12-17(25)16-10-8-15(9-11-16)14-6-4-3-5-7-14/h3-11,17,25-26H,12H2,1-2H3,(H,22,27). The number of nitrogens with one attached hydrogen (secondary N) is 1. The molecule has 0 fully saturated rings. The molecule has 0 saturated heterocycles. The number of nitrogens with zero attached hydrogens (tertiary/aromatic N) is 2. The Morgan fingerprint density at radius 3 is 2.32 bits per heavy atom. The molecule has 3 rings (SSSR count). The summed E-state index contributed by atoms with van der Waals surface area (Å²) in [6, 6.07) is 17.2. The van der Waals surface area contributed by atoms with Crippen molar-refractivity contribution in [3.8, 4) is 16.9 Å². The Kier molecular flexibility index (Phi) is 5.56. The highest BCUT2D eigenvalue weighted by atomic mass is 16.3. The fourth-order valence-corrected chi connectivity index (χ4v) is 2.95. The van der Waals surface area contributed by atoms with Gasteiger partial charge in [0.05, 0.1) is 12.6 Å². The minimum Gasteiger partial charge on any atom is -0.501 e. The van der Waals surface area contributed by atoms with Crippen molar-refractivity contribution in [1.82, 2.24) is 14.9 Å². The van der Waals surface area contributed by atoms with Crippen LogP contribution in [0.1, 0.15) is 28.0 Å². The first kappa shape index (κ1) is 19.3. The van der Waals surface area contributed by atoms with Crippen molar-refractivity contribution in [3.05, 3.63) is 82.0 Å². The van der Waals surface area contributed by atoms with Gasteiger partial charge in [-0.25, -0.2) is 4.98 Å². The Balaban J connectivity index is 1.85. The molecule has 144 valence electrons. The quantitative estimate of drug-likeness (QED) is 0.629. The van der Waals surface area contributed by atoms with Crippen molar-refractivity contribution >= 4 is 5.91 Å². The third kappa shape index (κ3) is 3.79. The Labute approximate surface area is 161 Å². The minimum absolute atomic E-state index is 0.0933. The maximum absolute atomic E-state index is 12.4. The fourth-order valence-electron chi connectivity index (χ4n) is 2.95. The Hall–Kier alpha value is -3.45. The Morgan fingerprint density at radius 2 is 1.71 bits per heavy atom. The van der Waals surface area contributed by atoms with Crippen LogP contribution < -0.4 is 10.9 Å². The molecule has 3 N–H and O–H groups in total. The molecule has 0 radical (unpaired) electrons. The van der Waals surface area contributed by atoms with E-state index in [2.05, 4.69) is 10.3 Å². The smallest absolute Gasteiger partial charge is 0.296 e. The van der Waals surface area contributed by atoms with E-state index in [1.54, 1.807) is 19.1 Å². The lowest BCUT2D eigenvalue weighted by atomic mass is 10.0. The van der Waals surface area contributed by atoms with Crippen molar-refractivity contribution in [2.45, 2.75) is 19.6 Å². The number of aryl methyl sites for hydroxylation is 1. The highest BCUT2D eigenvalue weighted by molar-refractivity contribution is 5.94. The van der Waals surface area contributed by atoms with E-state index in [0.717, 1.165) is 15.7 Å². The predicted octanol–water partition coefficient (Wildman–Crippen LogP) is 2.02. The number of aromatic nitrogens is 2. The molecule has 2 aromatic carbocycles. The SMILES string of the molecule is CNC(=O)c1nc(C)n(CC(O)c2ccc(-c3ccccc3)cc2)c(=O)c1O. The number of carbonyl (C=O) groups excluding carboxylic acids is 1. The molecule has 0 aliphatic rings. The molecule has 7 heteroatoms. The average Bonchev–Trinajstić information content (AvgIpc) is 2.73. The number of aliphatic hydroxyl groups excluding tert-OH is 1. The van der Waals surface area contributed by atoms with E-state index in [1.807, 2.05) is 42.5 Å². The molecular formula is C21H21N3O4. The van der Waals surface area contributed by atoms with Crippen LogP contribution in [0.25, 0.3) is 11.1 Å². The van der Waals surface area contributed by atoms with Crippen LogP contribution in [-0.2, 0) is 6.54 Å². The van der Waals surface area contributed by atoms with E-state index < -0.39 is 23.3 Å². The lowest BCUT2D eigenvalue weighted by Gasteiger charge is -2.16. The Morgan fingerprint density at radius 1 is 1.11 bits per heavy atom. The first-order chi connectivity index (χ1) is 13.4. The normalized spacial score (nSPS) is 11.8. The topological polar surface area (TPSA) is 104 Å². The van der Waals surface area contributed by atoms with Crippen LogP contribution in [0.15, 0.2) is 59.4 Å². The van der Waals surface area contributed by atoms with Gasteiger partial charge in [0.1, 0.15) is 5.82 Å². The van der Waals surface area contributed by atoms with Crippen LogP contribution in [-0.4, -0.2) is 32.7 Å². The van der Waals surface area contributed by atoms with Gasteiger partial charge < -0.3 is 15.5 Å². The summed E-state index contributed by atoms with van der Waals surface area (Å²) in [5, 5.41) is 22.9. The summed E-state index contributed by atoms with van der Waals surface area (Å²) in [6.07, 6.45) is -0.978. The Bertz CT molecular complexity index is 1040. The molecular weight excluding hydrogens is 358 g/mol. The molecule has 1 aromatic heterocycles. The van der Waals surface area contributed by atoms with Crippen LogP contribution in [0, 0.1) is 6.92 Å². The zero-order valence-corrected chi connectivity index (χ0v) is 15.6. The largest absolute Gasteiger partial charge is 0.501 e. The minimum atomic E-state index is -0.978. The second-order valence-corrected chi connectivity index (χ2v) is 6.35. The zero-order chi connectivity index (χ0) is 20.3. The molecule has 7 nitrogen and oxygen atoms in total. The van der Waals surface area contributed by atoms with Crippen molar-refractivity contribution < 1.29 is 15.0 Å². The summed E-state index contributed by atoms with van der Waals surface area (Å²) < 4.78 is 1.15. The molecule has 1 unspecified atom stereocenters.